The van der Waals surface area contributed by atoms with Crippen LogP contribution in [-0.2, 0) is 25.5 Å². The highest BCUT2D eigenvalue weighted by Gasteiger charge is 2.32. The van der Waals surface area contributed by atoms with Gasteiger partial charge in [-0.2, -0.15) is 5.21 Å². The number of anilines is 1. The zero-order valence-electron chi connectivity index (χ0n) is 38.3. The van der Waals surface area contributed by atoms with E-state index in [0.29, 0.717) is 61.9 Å². The van der Waals surface area contributed by atoms with Crippen LogP contribution in [0, 0.1) is 24.7 Å². The molecule has 2 heterocycles. The number of benzene rings is 3. The number of aryl methyl sites for hydroxylation is 1. The molecule has 3 aromatic carbocycles. The quantitative estimate of drug-likeness (QED) is 0.0841. The standard InChI is InChI=1S/C49H64N8O7/c1-31-27-38(42(58)10-8-9-34-25-26-57(30-34)47(62)64-49(5,6)7)21-24-40(31)35-15-11-32(12-16-35)28-41(45(60)51-39-22-19-36(20-23-39)43-53-55-56-54-43)52-44(59)37-17-13-33(14-18-37)29-50-46(61)63-48(2,3)4/h11-12,15-16,19-24,27,33-34,37,41H,8-10,13-14,17-18,25-26,28-30H2,1-7H3,(H,50,61)(H,51,60)(H,52,59)(H,53,54,55,56). The Kier molecular flexibility index (Phi) is 15.6. The zero-order valence-corrected chi connectivity index (χ0v) is 38.3. The minimum atomic E-state index is -0.855. The number of nitrogens with zero attached hydrogens (tertiary/aromatic N) is 4. The Morgan fingerprint density at radius 3 is 2.16 bits per heavy atom. The molecule has 2 fully saturated rings. The van der Waals surface area contributed by atoms with Gasteiger partial charge in [0, 0.05) is 55.2 Å². The maximum atomic E-state index is 13.9. The molecule has 6 rings (SSSR count). The Balaban J connectivity index is 1.05. The summed E-state index contributed by atoms with van der Waals surface area (Å²) in [4.78, 5) is 67.3. The number of nitrogens with one attached hydrogen (secondary N) is 4. The van der Waals surface area contributed by atoms with Gasteiger partial charge in [0.05, 0.1) is 0 Å². The van der Waals surface area contributed by atoms with E-state index in [-0.39, 0.29) is 41.9 Å². The third-order valence-corrected chi connectivity index (χ3v) is 11.7. The lowest BCUT2D eigenvalue weighted by molar-refractivity contribution is -0.130. The zero-order chi connectivity index (χ0) is 46.0. The van der Waals surface area contributed by atoms with E-state index in [9.17, 15) is 24.0 Å². The molecule has 0 spiro atoms. The van der Waals surface area contributed by atoms with Gasteiger partial charge in [-0.25, -0.2) is 9.59 Å². The molecule has 4 N–H and O–H groups in total. The lowest BCUT2D eigenvalue weighted by Gasteiger charge is -2.29. The van der Waals surface area contributed by atoms with E-state index in [2.05, 4.69) is 36.6 Å². The molecule has 1 aliphatic heterocycles. The van der Waals surface area contributed by atoms with Gasteiger partial charge in [0.25, 0.3) is 0 Å². The first-order chi connectivity index (χ1) is 30.4. The topological polar surface area (TPSA) is 198 Å². The Hall–Kier alpha value is -6.12. The van der Waals surface area contributed by atoms with Crippen molar-refractivity contribution in [1.82, 2.24) is 36.2 Å². The molecule has 1 aromatic heterocycles. The summed E-state index contributed by atoms with van der Waals surface area (Å²) in [6, 6.07) is 20.0. The maximum absolute atomic E-state index is 13.9. The third kappa shape index (κ3) is 13.9. The summed E-state index contributed by atoms with van der Waals surface area (Å²) in [5.41, 5.74) is 4.69. The highest BCUT2D eigenvalue weighted by atomic mass is 16.6. The first kappa shape index (κ1) is 47.4. The molecule has 1 saturated heterocycles. The first-order valence-electron chi connectivity index (χ1n) is 22.5. The van der Waals surface area contributed by atoms with Crippen molar-refractivity contribution in [3.05, 3.63) is 83.4 Å². The van der Waals surface area contributed by atoms with Crippen molar-refractivity contribution in [1.29, 1.82) is 0 Å². The smallest absolute Gasteiger partial charge is 0.410 e. The number of ketones is 1. The van der Waals surface area contributed by atoms with Gasteiger partial charge in [0.1, 0.15) is 17.2 Å². The van der Waals surface area contributed by atoms with Crippen LogP contribution in [0.25, 0.3) is 22.5 Å². The van der Waals surface area contributed by atoms with Crippen LogP contribution in [0.15, 0.2) is 66.7 Å². The maximum Gasteiger partial charge on any atom is 0.410 e. The molecule has 0 radical (unpaired) electrons. The van der Waals surface area contributed by atoms with E-state index in [1.807, 2.05) is 90.9 Å². The van der Waals surface area contributed by atoms with Crippen LogP contribution in [0.3, 0.4) is 0 Å². The SMILES string of the molecule is Cc1cc(C(=O)CCCC2CCN(C(=O)OC(C)(C)C)C2)ccc1-c1ccc(CC(NC(=O)C2CCC(CNC(=O)OC(C)(C)C)CC2)C(=O)Nc2ccc(-c3nn[nH]n3)cc2)cc1. The molecule has 64 heavy (non-hydrogen) atoms. The fraction of sp³-hybridized carbons (Fsp3) is 0.510. The van der Waals surface area contributed by atoms with Crippen LogP contribution in [-0.4, -0.2) is 92.2 Å². The number of aromatic amines is 1. The highest BCUT2D eigenvalue weighted by Crippen LogP contribution is 2.30. The molecule has 15 heteroatoms. The Morgan fingerprint density at radius 1 is 0.828 bits per heavy atom. The number of Topliss-reactive ketones (excluding diaryl/α,β-unsaturated/α-hetero) is 1. The predicted molar refractivity (Wildman–Crippen MR) is 244 cm³/mol. The molecule has 4 aromatic rings. The van der Waals surface area contributed by atoms with E-state index in [4.69, 9.17) is 9.47 Å². The number of ether oxygens (including phenoxy) is 2. The van der Waals surface area contributed by atoms with Gasteiger partial charge < -0.3 is 30.3 Å². The molecule has 1 saturated carbocycles. The minimum Gasteiger partial charge on any atom is -0.444 e. The fourth-order valence-electron chi connectivity index (χ4n) is 8.36. The molecule has 2 atom stereocenters. The molecule has 1 aliphatic carbocycles. The molecule has 0 bridgehead atoms. The third-order valence-electron chi connectivity index (χ3n) is 11.7. The number of rotatable bonds is 15. The van der Waals surface area contributed by atoms with Crippen LogP contribution in [0.1, 0.15) is 114 Å². The summed E-state index contributed by atoms with van der Waals surface area (Å²) >= 11 is 0. The second-order valence-electron chi connectivity index (χ2n) is 19.3. The molecule has 342 valence electrons. The lowest BCUT2D eigenvalue weighted by Crippen LogP contribution is -2.48. The normalized spacial score (nSPS) is 18.2. The fourth-order valence-corrected chi connectivity index (χ4v) is 8.36. The van der Waals surface area contributed by atoms with Crippen molar-refractivity contribution in [2.75, 3.05) is 25.0 Å². The van der Waals surface area contributed by atoms with Crippen molar-refractivity contribution in [3.8, 4) is 22.5 Å². The van der Waals surface area contributed by atoms with Crippen LogP contribution in [0.2, 0.25) is 0 Å². The molecule has 2 aliphatic rings. The van der Waals surface area contributed by atoms with Crippen LogP contribution < -0.4 is 16.0 Å². The Bertz CT molecular complexity index is 2220. The molecular weight excluding hydrogens is 813 g/mol. The van der Waals surface area contributed by atoms with E-state index in [1.165, 1.54) is 0 Å². The number of carbonyl (C=O) groups excluding carboxylic acids is 5. The van der Waals surface area contributed by atoms with Crippen molar-refractivity contribution in [3.63, 3.8) is 0 Å². The van der Waals surface area contributed by atoms with Gasteiger partial charge in [-0.15, -0.1) is 10.2 Å². The molecule has 15 nitrogen and oxygen atoms in total. The monoisotopic (exact) mass is 876 g/mol. The van der Waals surface area contributed by atoms with Gasteiger partial charge in [0.2, 0.25) is 17.6 Å². The second kappa shape index (κ2) is 21.0. The summed E-state index contributed by atoms with van der Waals surface area (Å²) in [6.45, 7) is 14.9. The summed E-state index contributed by atoms with van der Waals surface area (Å²) < 4.78 is 10.9. The number of H-pyrrole nitrogens is 1. The largest absolute Gasteiger partial charge is 0.444 e. The first-order valence-corrected chi connectivity index (χ1v) is 22.5. The lowest BCUT2D eigenvalue weighted by atomic mass is 9.81. The van der Waals surface area contributed by atoms with E-state index >= 15 is 0 Å². The number of hydrogen-bond donors (Lipinski definition) is 4. The van der Waals surface area contributed by atoms with Crippen molar-refractivity contribution in [2.24, 2.45) is 17.8 Å². The Labute approximate surface area is 376 Å². The summed E-state index contributed by atoms with van der Waals surface area (Å²) in [7, 11) is 0. The van der Waals surface area contributed by atoms with Gasteiger partial charge in [-0.3, -0.25) is 14.4 Å². The van der Waals surface area contributed by atoms with E-state index in [0.717, 1.165) is 59.9 Å². The number of tetrazole rings is 1. The number of amides is 4. The van der Waals surface area contributed by atoms with E-state index < -0.39 is 23.3 Å². The number of aromatic nitrogens is 4. The van der Waals surface area contributed by atoms with Crippen molar-refractivity contribution in [2.45, 2.75) is 123 Å². The van der Waals surface area contributed by atoms with Gasteiger partial charge in [-0.1, -0.05) is 36.4 Å². The number of likely N-dealkylation sites (tertiary alicyclic amines) is 1. The number of carbonyl (C=O) groups is 5. The average Bonchev–Trinajstić information content (AvgIpc) is 3.96. The van der Waals surface area contributed by atoms with Crippen LogP contribution in [0.5, 0.6) is 0 Å². The van der Waals surface area contributed by atoms with Gasteiger partial charge >= 0.3 is 12.2 Å². The van der Waals surface area contributed by atoms with Crippen LogP contribution >= 0.6 is 0 Å². The predicted octanol–water partition coefficient (Wildman–Crippen LogP) is 8.45. The highest BCUT2D eigenvalue weighted by molar-refractivity contribution is 5.98. The molecular formula is C49H64N8O7. The molecule has 2 unspecified atom stereocenters. The summed E-state index contributed by atoms with van der Waals surface area (Å²) in [5.74, 6) is 0.360. The summed E-state index contributed by atoms with van der Waals surface area (Å²) in [6.07, 6.45) is 5.39. The average molecular weight is 877 g/mol. The van der Waals surface area contributed by atoms with Crippen molar-refractivity contribution < 1.29 is 33.4 Å². The minimum absolute atomic E-state index is 0.101. The van der Waals surface area contributed by atoms with Crippen molar-refractivity contribution >= 4 is 35.5 Å². The summed E-state index contributed by atoms with van der Waals surface area (Å²) in [5, 5.41) is 23.0. The number of hydrogen-bond acceptors (Lipinski definition) is 10. The Morgan fingerprint density at radius 2 is 1.52 bits per heavy atom. The van der Waals surface area contributed by atoms with Crippen LogP contribution in [0.4, 0.5) is 15.3 Å². The van der Waals surface area contributed by atoms with Gasteiger partial charge in [-0.05, 0) is 163 Å². The van der Waals surface area contributed by atoms with E-state index in [1.54, 1.807) is 29.2 Å². The second-order valence-corrected chi connectivity index (χ2v) is 19.3. The number of alkyl carbamates (subject to hydrolysis) is 1. The van der Waals surface area contributed by atoms with Gasteiger partial charge in [0.15, 0.2) is 5.78 Å². The molecule has 4 amide bonds.